The molecule has 0 spiro atoms. The van der Waals surface area contributed by atoms with Crippen LogP contribution in [0.3, 0.4) is 0 Å². The van der Waals surface area contributed by atoms with Gasteiger partial charge in [-0.1, -0.05) is 121 Å². The van der Waals surface area contributed by atoms with Crippen molar-refractivity contribution in [2.75, 3.05) is 0 Å². The monoisotopic (exact) mass is 549 g/mol. The van der Waals surface area contributed by atoms with Crippen LogP contribution in [-0.2, 0) is 0 Å². The van der Waals surface area contributed by atoms with Gasteiger partial charge in [0.2, 0.25) is 0 Å². The van der Waals surface area contributed by atoms with Gasteiger partial charge in [-0.05, 0) is 50.5 Å². The van der Waals surface area contributed by atoms with Crippen LogP contribution in [0, 0.1) is 0 Å². The Morgan fingerprint density at radius 3 is 1.86 bits per heavy atom. The van der Waals surface area contributed by atoms with Crippen molar-refractivity contribution in [3.05, 3.63) is 140 Å². The van der Waals surface area contributed by atoms with Crippen LogP contribution >= 0.6 is 0 Å². The zero-order chi connectivity index (χ0) is 28.3. The number of para-hydroxylation sites is 1. The molecule has 200 valence electrons. The Hall–Kier alpha value is -5.87. The molecule has 2 heterocycles. The summed E-state index contributed by atoms with van der Waals surface area (Å²) in [4.78, 5) is 15.1. The van der Waals surface area contributed by atoms with E-state index in [-0.39, 0.29) is 0 Å². The van der Waals surface area contributed by atoms with E-state index in [1.165, 1.54) is 26.9 Å². The Morgan fingerprint density at radius 2 is 1.00 bits per heavy atom. The lowest BCUT2D eigenvalue weighted by molar-refractivity contribution is 0.669. The van der Waals surface area contributed by atoms with Crippen molar-refractivity contribution in [3.8, 4) is 34.2 Å². The van der Waals surface area contributed by atoms with Gasteiger partial charge in [0.25, 0.3) is 0 Å². The van der Waals surface area contributed by atoms with E-state index in [1.807, 2.05) is 60.7 Å². The van der Waals surface area contributed by atoms with E-state index in [9.17, 15) is 0 Å². The predicted molar refractivity (Wildman–Crippen MR) is 176 cm³/mol. The van der Waals surface area contributed by atoms with Gasteiger partial charge < -0.3 is 4.42 Å². The van der Waals surface area contributed by atoms with Crippen molar-refractivity contribution in [2.45, 2.75) is 0 Å². The van der Waals surface area contributed by atoms with Gasteiger partial charge in [-0.2, -0.15) is 0 Å². The van der Waals surface area contributed by atoms with E-state index < -0.39 is 0 Å². The van der Waals surface area contributed by atoms with Gasteiger partial charge >= 0.3 is 0 Å². The van der Waals surface area contributed by atoms with Crippen LogP contribution in [-0.4, -0.2) is 15.0 Å². The third-order valence-electron chi connectivity index (χ3n) is 8.31. The van der Waals surface area contributed by atoms with E-state index in [4.69, 9.17) is 19.4 Å². The van der Waals surface area contributed by atoms with E-state index in [2.05, 4.69) is 78.9 Å². The number of benzene rings is 7. The zero-order valence-electron chi connectivity index (χ0n) is 23.0. The molecule has 0 aliphatic heterocycles. The summed E-state index contributed by atoms with van der Waals surface area (Å²) in [6.45, 7) is 0. The molecule has 0 amide bonds. The topological polar surface area (TPSA) is 51.8 Å². The van der Waals surface area contributed by atoms with Crippen LogP contribution in [0.4, 0.5) is 0 Å². The van der Waals surface area contributed by atoms with E-state index in [1.54, 1.807) is 0 Å². The van der Waals surface area contributed by atoms with E-state index in [0.29, 0.717) is 17.5 Å². The first-order valence-corrected chi connectivity index (χ1v) is 14.4. The van der Waals surface area contributed by atoms with E-state index in [0.717, 1.165) is 44.0 Å². The minimum Gasteiger partial charge on any atom is -0.456 e. The fraction of sp³-hybridized carbons (Fsp3) is 0. The first kappa shape index (κ1) is 23.8. The molecule has 0 unspecified atom stereocenters. The number of fused-ring (bicyclic) bond motifs is 8. The molecule has 4 nitrogen and oxygen atoms in total. The smallest absolute Gasteiger partial charge is 0.164 e. The Balaban J connectivity index is 1.27. The molecule has 0 atom stereocenters. The lowest BCUT2D eigenvalue weighted by Gasteiger charge is -2.11. The molecule has 2 aromatic heterocycles. The minimum absolute atomic E-state index is 0.617. The summed E-state index contributed by atoms with van der Waals surface area (Å²) in [5.41, 5.74) is 4.46. The van der Waals surface area contributed by atoms with Gasteiger partial charge in [0.05, 0.1) is 0 Å². The second-order valence-corrected chi connectivity index (χ2v) is 10.8. The quantitative estimate of drug-likeness (QED) is 0.206. The van der Waals surface area contributed by atoms with Crippen molar-refractivity contribution in [2.24, 2.45) is 0 Å². The van der Waals surface area contributed by atoms with Crippen molar-refractivity contribution >= 4 is 54.3 Å². The van der Waals surface area contributed by atoms with Crippen molar-refractivity contribution in [1.29, 1.82) is 0 Å². The molecule has 7 aromatic carbocycles. The summed E-state index contributed by atoms with van der Waals surface area (Å²) >= 11 is 0. The third kappa shape index (κ3) is 3.81. The Bertz CT molecular complexity index is 2510. The van der Waals surface area contributed by atoms with Crippen molar-refractivity contribution < 1.29 is 4.42 Å². The van der Waals surface area contributed by atoms with Crippen LogP contribution in [0.1, 0.15) is 0 Å². The molecule has 0 fully saturated rings. The van der Waals surface area contributed by atoms with Crippen LogP contribution in [0.15, 0.2) is 144 Å². The summed E-state index contributed by atoms with van der Waals surface area (Å²) in [5, 5.41) is 9.41. The lowest BCUT2D eigenvalue weighted by atomic mass is 9.96. The largest absolute Gasteiger partial charge is 0.456 e. The number of furan rings is 1. The molecular weight excluding hydrogens is 526 g/mol. The highest BCUT2D eigenvalue weighted by Crippen LogP contribution is 2.37. The number of hydrogen-bond donors (Lipinski definition) is 0. The normalized spacial score (nSPS) is 11.7. The Labute approximate surface area is 246 Å². The molecule has 43 heavy (non-hydrogen) atoms. The summed E-state index contributed by atoms with van der Waals surface area (Å²) < 4.78 is 6.18. The average Bonchev–Trinajstić information content (AvgIpc) is 3.47. The Kier molecular flexibility index (Phi) is 5.16. The molecule has 9 rings (SSSR count). The SMILES string of the molecule is c1ccc(-c2nc(-c3ccc4c(ccc5c6ccccc6ccc45)c3)nc(-c3cccc4oc5ccccc5c34)n2)cc1. The highest BCUT2D eigenvalue weighted by atomic mass is 16.3. The van der Waals surface area contributed by atoms with Gasteiger partial charge in [0.1, 0.15) is 11.2 Å². The van der Waals surface area contributed by atoms with Crippen LogP contribution < -0.4 is 0 Å². The molecule has 0 aliphatic rings. The minimum atomic E-state index is 0.617. The van der Waals surface area contributed by atoms with Gasteiger partial charge in [0.15, 0.2) is 17.5 Å². The maximum Gasteiger partial charge on any atom is 0.164 e. The van der Waals surface area contributed by atoms with Crippen molar-refractivity contribution in [1.82, 2.24) is 15.0 Å². The average molecular weight is 550 g/mol. The first-order chi connectivity index (χ1) is 21.3. The highest BCUT2D eigenvalue weighted by Gasteiger charge is 2.18. The maximum absolute atomic E-state index is 6.18. The summed E-state index contributed by atoms with van der Waals surface area (Å²) in [6, 6.07) is 48.2. The number of aromatic nitrogens is 3. The molecule has 0 aliphatic carbocycles. The number of nitrogens with zero attached hydrogens (tertiary/aromatic N) is 3. The molecule has 9 aromatic rings. The Morgan fingerprint density at radius 1 is 0.372 bits per heavy atom. The molecule has 0 saturated heterocycles. The fourth-order valence-electron chi connectivity index (χ4n) is 6.27. The van der Waals surface area contributed by atoms with Gasteiger partial charge in [-0.3, -0.25) is 0 Å². The predicted octanol–water partition coefficient (Wildman–Crippen LogP) is 10.2. The number of hydrogen-bond acceptors (Lipinski definition) is 4. The first-order valence-electron chi connectivity index (χ1n) is 14.4. The van der Waals surface area contributed by atoms with Gasteiger partial charge in [0, 0.05) is 27.5 Å². The zero-order valence-corrected chi connectivity index (χ0v) is 23.0. The molecule has 0 bridgehead atoms. The maximum atomic E-state index is 6.18. The standard InChI is InChI=1S/C39H23N3O/c1-2-10-25(11-3-1)37-40-38(42-39(41-37)33-14-8-16-35-36(33)32-13-6-7-15-34(32)43-35)27-19-20-29-26(23-27)18-22-30-28-12-5-4-9-24(28)17-21-31(29)30/h1-23H. The fourth-order valence-corrected chi connectivity index (χ4v) is 6.27. The van der Waals surface area contributed by atoms with Crippen LogP contribution in [0.2, 0.25) is 0 Å². The summed E-state index contributed by atoms with van der Waals surface area (Å²) in [7, 11) is 0. The molecule has 0 N–H and O–H groups in total. The molecule has 0 saturated carbocycles. The second-order valence-electron chi connectivity index (χ2n) is 10.8. The van der Waals surface area contributed by atoms with Crippen LogP contribution in [0.5, 0.6) is 0 Å². The summed E-state index contributed by atoms with van der Waals surface area (Å²) in [6.07, 6.45) is 0. The second kappa shape index (κ2) is 9.33. The summed E-state index contributed by atoms with van der Waals surface area (Å²) in [5.74, 6) is 1.88. The lowest BCUT2D eigenvalue weighted by Crippen LogP contribution is -2.00. The third-order valence-corrected chi connectivity index (χ3v) is 8.31. The van der Waals surface area contributed by atoms with Crippen molar-refractivity contribution in [3.63, 3.8) is 0 Å². The molecule has 4 heteroatoms. The van der Waals surface area contributed by atoms with Gasteiger partial charge in [-0.25, -0.2) is 15.0 Å². The van der Waals surface area contributed by atoms with Gasteiger partial charge in [-0.15, -0.1) is 0 Å². The number of rotatable bonds is 3. The molecule has 0 radical (unpaired) electrons. The van der Waals surface area contributed by atoms with Crippen LogP contribution in [0.25, 0.3) is 88.4 Å². The van der Waals surface area contributed by atoms with E-state index >= 15 is 0 Å². The molecular formula is C39H23N3O. The highest BCUT2D eigenvalue weighted by molar-refractivity contribution is 6.17.